The summed E-state index contributed by atoms with van der Waals surface area (Å²) in [6.45, 7) is 0. The van der Waals surface area contributed by atoms with Gasteiger partial charge < -0.3 is 0 Å². The fraction of sp³-hybridized carbons (Fsp3) is 0.0172. The molecule has 0 radical (unpaired) electrons. The van der Waals surface area contributed by atoms with Crippen LogP contribution in [0.5, 0.6) is 0 Å². The van der Waals surface area contributed by atoms with E-state index in [0.29, 0.717) is 0 Å². The fourth-order valence-corrected chi connectivity index (χ4v) is 10.5. The molecule has 2 aliphatic carbocycles. The van der Waals surface area contributed by atoms with Crippen LogP contribution in [0, 0.1) is 0 Å². The summed E-state index contributed by atoms with van der Waals surface area (Å²) in [6, 6.07) is 80.4. The molecule has 0 atom stereocenters. The lowest BCUT2D eigenvalue weighted by Gasteiger charge is -2.30. The highest BCUT2D eigenvalue weighted by molar-refractivity contribution is 5.98. The Balaban J connectivity index is 0.861. The summed E-state index contributed by atoms with van der Waals surface area (Å²) in [5.74, 6) is 0.945. The van der Waals surface area contributed by atoms with E-state index in [1.54, 1.807) is 0 Å². The zero-order valence-electron chi connectivity index (χ0n) is 32.7. The van der Waals surface area contributed by atoms with Crippen LogP contribution in [-0.2, 0) is 5.41 Å². The van der Waals surface area contributed by atoms with Gasteiger partial charge in [0.25, 0.3) is 0 Å². The van der Waals surface area contributed by atoms with Crippen LogP contribution >= 0.6 is 0 Å². The molecule has 2 heteroatoms. The van der Waals surface area contributed by atoms with Gasteiger partial charge in [-0.3, -0.25) is 4.57 Å². The first-order chi connectivity index (χ1) is 29.7. The second-order valence-electron chi connectivity index (χ2n) is 16.3. The molecule has 0 unspecified atom stereocenters. The van der Waals surface area contributed by atoms with Crippen molar-refractivity contribution < 1.29 is 0 Å². The number of hydrogen-bond donors (Lipinski definition) is 0. The van der Waals surface area contributed by atoms with Crippen LogP contribution in [0.15, 0.2) is 218 Å². The Labute approximate surface area is 348 Å². The standard InChI is InChI=1S/C58H36N2/c1-2-12-46(13-3-1)60-56-21-11-10-20-55(56)59-57(60)45-29-28-41-33-39(25-27-43(41)35-45)37-22-23-40-34-42(26-24-38(40)32-37)44-30-31-50-49-16-6-9-19-53(49)58(54(50)36-44)51-17-7-4-14-47(51)48-15-5-8-18-52(48)58/h1-36H. The van der Waals surface area contributed by atoms with Crippen molar-refractivity contribution in [3.8, 4) is 61.6 Å². The topological polar surface area (TPSA) is 17.8 Å². The van der Waals surface area contributed by atoms with Crippen molar-refractivity contribution in [2.75, 3.05) is 0 Å². The summed E-state index contributed by atoms with van der Waals surface area (Å²) in [5, 5.41) is 4.86. The molecule has 0 bridgehead atoms. The predicted molar refractivity (Wildman–Crippen MR) is 249 cm³/mol. The van der Waals surface area contributed by atoms with Gasteiger partial charge in [0, 0.05) is 11.3 Å². The normalized spacial score (nSPS) is 13.1. The van der Waals surface area contributed by atoms with Crippen LogP contribution in [0.2, 0.25) is 0 Å². The average Bonchev–Trinajstić information content (AvgIpc) is 3.96. The maximum atomic E-state index is 5.11. The molecule has 2 aliphatic rings. The molecule has 0 N–H and O–H groups in total. The minimum Gasteiger partial charge on any atom is -0.292 e. The Morgan fingerprint density at radius 1 is 0.317 bits per heavy atom. The lowest BCUT2D eigenvalue weighted by Crippen LogP contribution is -2.25. The van der Waals surface area contributed by atoms with Crippen LogP contribution in [0.4, 0.5) is 0 Å². The molecule has 2 nitrogen and oxygen atoms in total. The van der Waals surface area contributed by atoms with Crippen LogP contribution in [0.3, 0.4) is 0 Å². The molecule has 1 aromatic heterocycles. The Morgan fingerprint density at radius 2 is 0.733 bits per heavy atom. The van der Waals surface area contributed by atoms with Crippen molar-refractivity contribution >= 4 is 32.6 Å². The molecule has 0 saturated heterocycles. The van der Waals surface area contributed by atoms with Crippen molar-refractivity contribution in [3.63, 3.8) is 0 Å². The third-order valence-electron chi connectivity index (χ3n) is 13.2. The van der Waals surface area contributed by atoms with Crippen LogP contribution in [-0.4, -0.2) is 9.55 Å². The van der Waals surface area contributed by atoms with E-state index >= 15 is 0 Å². The van der Waals surface area contributed by atoms with E-state index in [9.17, 15) is 0 Å². The number of aromatic nitrogens is 2. The van der Waals surface area contributed by atoms with Crippen molar-refractivity contribution in [1.82, 2.24) is 9.55 Å². The maximum Gasteiger partial charge on any atom is 0.145 e. The maximum absolute atomic E-state index is 5.11. The molecule has 11 aromatic rings. The molecule has 60 heavy (non-hydrogen) atoms. The van der Waals surface area contributed by atoms with Gasteiger partial charge in [-0.05, 0) is 143 Å². The summed E-state index contributed by atoms with van der Waals surface area (Å²) in [5.41, 5.74) is 19.6. The van der Waals surface area contributed by atoms with Crippen molar-refractivity contribution in [1.29, 1.82) is 0 Å². The average molecular weight is 761 g/mol. The molecular formula is C58H36N2. The summed E-state index contributed by atoms with van der Waals surface area (Å²) in [7, 11) is 0. The van der Waals surface area contributed by atoms with Gasteiger partial charge in [0.2, 0.25) is 0 Å². The Kier molecular flexibility index (Phi) is 6.97. The van der Waals surface area contributed by atoms with Gasteiger partial charge in [0.15, 0.2) is 0 Å². The second-order valence-corrected chi connectivity index (χ2v) is 16.3. The van der Waals surface area contributed by atoms with E-state index < -0.39 is 0 Å². The van der Waals surface area contributed by atoms with E-state index in [-0.39, 0.29) is 5.41 Å². The monoisotopic (exact) mass is 760 g/mol. The zero-order chi connectivity index (χ0) is 39.4. The van der Waals surface area contributed by atoms with Crippen molar-refractivity contribution in [2.45, 2.75) is 5.41 Å². The summed E-state index contributed by atoms with van der Waals surface area (Å²) in [6.07, 6.45) is 0. The summed E-state index contributed by atoms with van der Waals surface area (Å²) < 4.78 is 2.26. The van der Waals surface area contributed by atoms with E-state index in [1.807, 2.05) is 0 Å². The van der Waals surface area contributed by atoms with Crippen molar-refractivity contribution in [3.05, 3.63) is 241 Å². The second kappa shape index (κ2) is 12.6. The van der Waals surface area contributed by atoms with Crippen LogP contribution in [0.1, 0.15) is 22.3 Å². The number of hydrogen-bond acceptors (Lipinski definition) is 1. The minimum absolute atomic E-state index is 0.346. The fourth-order valence-electron chi connectivity index (χ4n) is 10.5. The molecule has 0 saturated carbocycles. The largest absolute Gasteiger partial charge is 0.292 e. The highest BCUT2D eigenvalue weighted by Crippen LogP contribution is 2.63. The van der Waals surface area contributed by atoms with E-state index in [0.717, 1.165) is 28.1 Å². The Hall–Kier alpha value is -7.81. The SMILES string of the molecule is c1ccc(-n2c(-c3ccc4cc(-c5ccc6cc(-c7ccc8c(c7)C7(c9ccccc9-c9ccccc97)c7ccccc7-8)ccc6c5)ccc4c3)nc3ccccc32)cc1. The minimum atomic E-state index is -0.346. The smallest absolute Gasteiger partial charge is 0.145 e. The van der Waals surface area contributed by atoms with Gasteiger partial charge in [-0.1, -0.05) is 164 Å². The first-order valence-corrected chi connectivity index (χ1v) is 20.8. The van der Waals surface area contributed by atoms with Crippen LogP contribution < -0.4 is 0 Å². The number of rotatable bonds is 4. The predicted octanol–water partition coefficient (Wildman–Crippen LogP) is 14.7. The van der Waals surface area contributed by atoms with Crippen LogP contribution in [0.25, 0.3) is 94.2 Å². The summed E-state index contributed by atoms with van der Waals surface area (Å²) in [4.78, 5) is 5.11. The molecule has 0 amide bonds. The zero-order valence-corrected chi connectivity index (χ0v) is 32.7. The molecule has 0 aliphatic heterocycles. The third kappa shape index (κ3) is 4.67. The molecule has 13 rings (SSSR count). The number of benzene rings is 10. The van der Waals surface area contributed by atoms with Gasteiger partial charge in [-0.25, -0.2) is 4.98 Å². The highest BCUT2D eigenvalue weighted by atomic mass is 15.1. The molecule has 1 heterocycles. The third-order valence-corrected chi connectivity index (χ3v) is 13.2. The number of para-hydroxylation sites is 3. The number of nitrogens with zero attached hydrogens (tertiary/aromatic N) is 2. The molecular weight excluding hydrogens is 725 g/mol. The van der Waals surface area contributed by atoms with Gasteiger partial charge in [0.05, 0.1) is 16.4 Å². The lowest BCUT2D eigenvalue weighted by atomic mass is 9.70. The van der Waals surface area contributed by atoms with Gasteiger partial charge in [-0.2, -0.15) is 0 Å². The molecule has 10 aromatic carbocycles. The van der Waals surface area contributed by atoms with E-state index in [2.05, 4.69) is 223 Å². The first kappa shape index (κ1) is 33.2. The number of imidazole rings is 1. The quantitative estimate of drug-likeness (QED) is 0.175. The lowest BCUT2D eigenvalue weighted by molar-refractivity contribution is 0.794. The highest BCUT2D eigenvalue weighted by Gasteiger charge is 2.51. The van der Waals surface area contributed by atoms with Crippen molar-refractivity contribution in [2.24, 2.45) is 0 Å². The summed E-state index contributed by atoms with van der Waals surface area (Å²) >= 11 is 0. The number of fused-ring (bicyclic) bond motifs is 13. The Morgan fingerprint density at radius 3 is 1.30 bits per heavy atom. The van der Waals surface area contributed by atoms with Gasteiger partial charge in [-0.15, -0.1) is 0 Å². The van der Waals surface area contributed by atoms with E-state index in [1.165, 1.54) is 88.3 Å². The molecule has 278 valence electrons. The molecule has 1 spiro atoms. The van der Waals surface area contributed by atoms with Gasteiger partial charge in [0.1, 0.15) is 5.82 Å². The van der Waals surface area contributed by atoms with Gasteiger partial charge >= 0.3 is 0 Å². The molecule has 0 fully saturated rings. The Bertz CT molecular complexity index is 3490. The van der Waals surface area contributed by atoms with E-state index in [4.69, 9.17) is 4.98 Å². The first-order valence-electron chi connectivity index (χ1n) is 20.8.